The van der Waals surface area contributed by atoms with Gasteiger partial charge in [0, 0.05) is 5.69 Å². The second-order valence-corrected chi connectivity index (χ2v) is 5.03. The normalized spacial score (nSPS) is 13.2. The van der Waals surface area contributed by atoms with E-state index in [2.05, 4.69) is 4.98 Å². The summed E-state index contributed by atoms with van der Waals surface area (Å²) in [6, 6.07) is 4.94. The number of ether oxygens (including phenoxy) is 1. The van der Waals surface area contributed by atoms with Crippen molar-refractivity contribution in [3.05, 3.63) is 47.5 Å². The lowest BCUT2D eigenvalue weighted by atomic mass is 10.2. The zero-order valence-electron chi connectivity index (χ0n) is 12.3. The highest BCUT2D eigenvalue weighted by molar-refractivity contribution is 5.35. The van der Waals surface area contributed by atoms with Crippen LogP contribution in [-0.2, 0) is 12.7 Å². The Bertz CT molecular complexity index is 638. The van der Waals surface area contributed by atoms with Crippen molar-refractivity contribution in [1.29, 1.82) is 0 Å². The molecule has 0 aliphatic rings. The van der Waals surface area contributed by atoms with Gasteiger partial charge in [0.05, 0.1) is 24.1 Å². The van der Waals surface area contributed by atoms with Crippen molar-refractivity contribution >= 4 is 0 Å². The Hall–Kier alpha value is -2.02. The number of aryl methyl sites for hydroxylation is 1. The van der Waals surface area contributed by atoms with Crippen LogP contribution in [0.2, 0.25) is 0 Å². The lowest BCUT2D eigenvalue weighted by molar-refractivity contribution is -0.139. The van der Waals surface area contributed by atoms with E-state index in [-0.39, 0.29) is 18.9 Å². The van der Waals surface area contributed by atoms with Crippen LogP contribution in [0.25, 0.3) is 0 Å². The van der Waals surface area contributed by atoms with Gasteiger partial charge in [-0.05, 0) is 26.0 Å². The molecule has 0 saturated heterocycles. The van der Waals surface area contributed by atoms with E-state index in [9.17, 15) is 18.3 Å². The molecular weight excluding hydrogens is 297 g/mol. The van der Waals surface area contributed by atoms with Crippen LogP contribution in [0.5, 0.6) is 5.75 Å². The number of rotatable bonds is 5. The Morgan fingerprint density at radius 3 is 2.55 bits per heavy atom. The fourth-order valence-electron chi connectivity index (χ4n) is 2.02. The summed E-state index contributed by atoms with van der Waals surface area (Å²) < 4.78 is 45.3. The predicted molar refractivity (Wildman–Crippen MR) is 74.6 cm³/mol. The van der Waals surface area contributed by atoms with Gasteiger partial charge in [-0.2, -0.15) is 13.2 Å². The molecule has 0 unspecified atom stereocenters. The maximum atomic E-state index is 12.8. The molecule has 120 valence electrons. The lowest BCUT2D eigenvalue weighted by Crippen LogP contribution is -2.24. The van der Waals surface area contributed by atoms with E-state index < -0.39 is 17.8 Å². The van der Waals surface area contributed by atoms with Crippen molar-refractivity contribution in [1.82, 2.24) is 9.55 Å². The molecule has 2 rings (SSSR count). The molecule has 1 aromatic carbocycles. The lowest BCUT2D eigenvalue weighted by Gasteiger charge is -2.17. The molecular formula is C15H17F3N2O2. The Kier molecular flexibility index (Phi) is 4.75. The van der Waals surface area contributed by atoms with Gasteiger partial charge in [0.2, 0.25) is 0 Å². The molecule has 22 heavy (non-hydrogen) atoms. The summed E-state index contributed by atoms with van der Waals surface area (Å²) in [7, 11) is 0. The van der Waals surface area contributed by atoms with E-state index >= 15 is 0 Å². The van der Waals surface area contributed by atoms with Crippen molar-refractivity contribution in [3.63, 3.8) is 0 Å². The van der Waals surface area contributed by atoms with Gasteiger partial charge < -0.3 is 14.4 Å². The monoisotopic (exact) mass is 314 g/mol. The van der Waals surface area contributed by atoms with Crippen molar-refractivity contribution in [3.8, 4) is 5.75 Å². The van der Waals surface area contributed by atoms with Crippen LogP contribution in [0.1, 0.15) is 17.0 Å². The number of halogens is 3. The third kappa shape index (κ3) is 3.79. The van der Waals surface area contributed by atoms with E-state index in [1.54, 1.807) is 10.9 Å². The van der Waals surface area contributed by atoms with Crippen LogP contribution in [0, 0.1) is 13.8 Å². The van der Waals surface area contributed by atoms with E-state index in [0.29, 0.717) is 0 Å². The first-order chi connectivity index (χ1) is 10.3. The highest BCUT2D eigenvalue weighted by Crippen LogP contribution is 2.35. The molecule has 0 aliphatic heterocycles. The highest BCUT2D eigenvalue weighted by Gasteiger charge is 2.34. The van der Waals surface area contributed by atoms with Crippen LogP contribution >= 0.6 is 0 Å². The maximum Gasteiger partial charge on any atom is 0.419 e. The minimum absolute atomic E-state index is 0.209. The molecule has 1 N–H and O–H groups in total. The zero-order valence-corrected chi connectivity index (χ0v) is 12.3. The largest absolute Gasteiger partial charge is 0.490 e. The van der Waals surface area contributed by atoms with E-state index in [1.807, 2.05) is 13.8 Å². The third-order valence-electron chi connectivity index (χ3n) is 3.38. The molecule has 1 heterocycles. The van der Waals surface area contributed by atoms with Crippen LogP contribution in [0.4, 0.5) is 13.2 Å². The Labute approximate surface area is 126 Å². The van der Waals surface area contributed by atoms with Crippen LogP contribution < -0.4 is 4.74 Å². The number of benzene rings is 1. The average molecular weight is 314 g/mol. The first-order valence-electron chi connectivity index (χ1n) is 6.74. The molecule has 0 fully saturated rings. The molecule has 1 aromatic heterocycles. The molecule has 1 atom stereocenters. The third-order valence-corrected chi connectivity index (χ3v) is 3.38. The molecule has 7 heteroatoms. The highest BCUT2D eigenvalue weighted by atomic mass is 19.4. The van der Waals surface area contributed by atoms with Gasteiger partial charge in [-0.1, -0.05) is 12.1 Å². The van der Waals surface area contributed by atoms with Crippen LogP contribution in [0.3, 0.4) is 0 Å². The topological polar surface area (TPSA) is 47.3 Å². The number of hydrogen-bond acceptors (Lipinski definition) is 3. The molecule has 0 bridgehead atoms. The summed E-state index contributed by atoms with van der Waals surface area (Å²) in [5.41, 5.74) is 0.891. The second kappa shape index (κ2) is 6.39. The number of nitrogens with zero attached hydrogens (tertiary/aromatic N) is 2. The summed E-state index contributed by atoms with van der Waals surface area (Å²) >= 11 is 0. The van der Waals surface area contributed by atoms with Gasteiger partial charge in [-0.25, -0.2) is 4.98 Å². The Morgan fingerprint density at radius 2 is 1.95 bits per heavy atom. The fraction of sp³-hybridized carbons (Fsp3) is 0.400. The molecule has 4 nitrogen and oxygen atoms in total. The van der Waals surface area contributed by atoms with Gasteiger partial charge in [0.1, 0.15) is 18.5 Å². The summed E-state index contributed by atoms with van der Waals surface area (Å²) in [5.74, 6) is -0.285. The summed E-state index contributed by atoms with van der Waals surface area (Å²) in [4.78, 5) is 4.10. The van der Waals surface area contributed by atoms with Crippen molar-refractivity contribution in [2.75, 3.05) is 6.61 Å². The van der Waals surface area contributed by atoms with E-state index in [0.717, 1.165) is 17.5 Å². The van der Waals surface area contributed by atoms with Gasteiger partial charge in [-0.3, -0.25) is 0 Å². The SMILES string of the molecule is Cc1ncn(C[C@@H](O)COc2ccccc2C(F)(F)F)c1C. The molecule has 0 saturated carbocycles. The summed E-state index contributed by atoms with van der Waals surface area (Å²) in [5, 5.41) is 9.94. The van der Waals surface area contributed by atoms with E-state index in [1.165, 1.54) is 18.2 Å². The molecule has 0 radical (unpaired) electrons. The first-order valence-corrected chi connectivity index (χ1v) is 6.74. The van der Waals surface area contributed by atoms with Gasteiger partial charge >= 0.3 is 6.18 Å². The fourth-order valence-corrected chi connectivity index (χ4v) is 2.02. The molecule has 0 spiro atoms. The minimum Gasteiger partial charge on any atom is -0.490 e. The van der Waals surface area contributed by atoms with Gasteiger partial charge in [-0.15, -0.1) is 0 Å². The summed E-state index contributed by atoms with van der Waals surface area (Å²) in [6.45, 7) is 3.67. The zero-order chi connectivity index (χ0) is 16.3. The molecule has 0 aliphatic carbocycles. The Balaban J connectivity index is 2.00. The van der Waals surface area contributed by atoms with Crippen molar-refractivity contribution in [2.45, 2.75) is 32.7 Å². The van der Waals surface area contributed by atoms with Gasteiger partial charge in [0.25, 0.3) is 0 Å². The van der Waals surface area contributed by atoms with E-state index in [4.69, 9.17) is 4.74 Å². The average Bonchev–Trinajstić information content (AvgIpc) is 2.76. The number of para-hydroxylation sites is 1. The molecule has 0 amide bonds. The smallest absolute Gasteiger partial charge is 0.419 e. The number of hydrogen-bond donors (Lipinski definition) is 1. The molecule has 2 aromatic rings. The Morgan fingerprint density at radius 1 is 1.27 bits per heavy atom. The van der Waals surface area contributed by atoms with Crippen molar-refractivity contribution in [2.24, 2.45) is 0 Å². The van der Waals surface area contributed by atoms with Crippen molar-refractivity contribution < 1.29 is 23.0 Å². The number of aromatic nitrogens is 2. The quantitative estimate of drug-likeness (QED) is 0.923. The minimum atomic E-state index is -4.49. The van der Waals surface area contributed by atoms with Crippen LogP contribution in [-0.4, -0.2) is 27.4 Å². The first kappa shape index (κ1) is 16.4. The van der Waals surface area contributed by atoms with Crippen LogP contribution in [0.15, 0.2) is 30.6 Å². The number of imidazole rings is 1. The predicted octanol–water partition coefficient (Wildman–Crippen LogP) is 2.96. The summed E-state index contributed by atoms with van der Waals surface area (Å²) in [6.07, 6.45) is -3.84. The number of aliphatic hydroxyl groups is 1. The standard InChI is InChI=1S/C15H17F3N2O2/c1-10-11(2)20(9-19-10)7-12(21)8-22-14-6-4-3-5-13(14)15(16,17)18/h3-6,9,12,21H,7-8H2,1-2H3/t12-/m1/s1. The number of alkyl halides is 3. The maximum absolute atomic E-state index is 12.8. The van der Waals surface area contributed by atoms with Gasteiger partial charge in [0.15, 0.2) is 0 Å². The second-order valence-electron chi connectivity index (χ2n) is 5.03. The number of aliphatic hydroxyl groups excluding tert-OH is 1.